The van der Waals surface area contributed by atoms with Crippen LogP contribution in [0.1, 0.15) is 28.8 Å². The molecule has 1 saturated heterocycles. The molecule has 0 spiro atoms. The summed E-state index contributed by atoms with van der Waals surface area (Å²) in [5.74, 6) is 1.09. The molecule has 0 saturated carbocycles. The molecule has 5 nitrogen and oxygen atoms in total. The van der Waals surface area contributed by atoms with Crippen LogP contribution in [0.25, 0.3) is 0 Å². The first kappa shape index (κ1) is 20.6. The van der Waals surface area contributed by atoms with Crippen LogP contribution < -0.4 is 5.32 Å². The van der Waals surface area contributed by atoms with Crippen LogP contribution in [0, 0.1) is 0 Å². The van der Waals surface area contributed by atoms with Crippen molar-refractivity contribution in [1.82, 2.24) is 15.1 Å². The minimum atomic E-state index is 0. The van der Waals surface area contributed by atoms with Gasteiger partial charge in [0.1, 0.15) is 0 Å². The molecule has 2 heterocycles. The number of carbonyl (C=O) groups excluding carboxylic acids is 1. The number of guanidine groups is 1. The third kappa shape index (κ3) is 5.04. The second kappa shape index (κ2) is 9.91. The highest BCUT2D eigenvalue weighted by molar-refractivity contribution is 14.0. The summed E-state index contributed by atoms with van der Waals surface area (Å²) < 4.78 is 0. The maximum Gasteiger partial charge on any atom is 0.251 e. The second-order valence-electron chi connectivity index (χ2n) is 7.21. The smallest absolute Gasteiger partial charge is 0.251 e. The monoisotopic (exact) mass is 490 g/mol. The van der Waals surface area contributed by atoms with Crippen LogP contribution in [0.4, 0.5) is 0 Å². The number of hydrogen-bond donors (Lipinski definition) is 1. The van der Waals surface area contributed by atoms with Gasteiger partial charge in [0.05, 0.1) is 6.54 Å². The van der Waals surface area contributed by atoms with Crippen LogP contribution in [-0.2, 0) is 6.54 Å². The Morgan fingerprint density at radius 1 is 1.04 bits per heavy atom. The summed E-state index contributed by atoms with van der Waals surface area (Å²) >= 11 is 0. The molecule has 148 valence electrons. The van der Waals surface area contributed by atoms with Gasteiger partial charge in [0.25, 0.3) is 5.91 Å². The molecule has 2 aromatic carbocycles. The summed E-state index contributed by atoms with van der Waals surface area (Å²) in [7, 11) is 0. The summed E-state index contributed by atoms with van der Waals surface area (Å²) in [6.07, 6.45) is 2.08. The van der Waals surface area contributed by atoms with Crippen LogP contribution in [0.5, 0.6) is 0 Å². The lowest BCUT2D eigenvalue weighted by Gasteiger charge is -2.37. The fourth-order valence-corrected chi connectivity index (χ4v) is 3.86. The molecule has 1 fully saturated rings. The van der Waals surface area contributed by atoms with E-state index in [1.54, 1.807) is 0 Å². The highest BCUT2D eigenvalue weighted by Crippen LogP contribution is 2.17. The standard InChI is InChI=1S/C22H26N4O.HI/c27-21(19-10-5-2-6-11-19)24-20-12-7-14-25(17-20)22-23-13-15-26(22)16-18-8-3-1-4-9-18;/h1-6,8-11,20H,7,12-17H2,(H,24,27);1H. The van der Waals surface area contributed by atoms with E-state index in [2.05, 4.69) is 39.4 Å². The van der Waals surface area contributed by atoms with Gasteiger partial charge in [0, 0.05) is 37.8 Å². The molecule has 0 bridgehead atoms. The Kier molecular flexibility index (Phi) is 7.30. The summed E-state index contributed by atoms with van der Waals surface area (Å²) in [6.45, 7) is 4.52. The Hall–Kier alpha value is -2.09. The van der Waals surface area contributed by atoms with Crippen molar-refractivity contribution in [3.05, 3.63) is 71.8 Å². The van der Waals surface area contributed by atoms with Gasteiger partial charge < -0.3 is 15.1 Å². The number of amides is 1. The summed E-state index contributed by atoms with van der Waals surface area (Å²) in [4.78, 5) is 21.9. The zero-order valence-corrected chi connectivity index (χ0v) is 18.3. The quantitative estimate of drug-likeness (QED) is 0.669. The molecule has 1 N–H and O–H groups in total. The highest BCUT2D eigenvalue weighted by Gasteiger charge is 2.28. The van der Waals surface area contributed by atoms with Crippen molar-refractivity contribution < 1.29 is 4.79 Å². The van der Waals surface area contributed by atoms with E-state index in [9.17, 15) is 4.79 Å². The van der Waals surface area contributed by atoms with E-state index in [4.69, 9.17) is 4.99 Å². The SMILES string of the molecule is I.O=C(NC1CCCN(C2=NCCN2Cc2ccccc2)C1)c1ccccc1. The number of benzene rings is 2. The van der Waals surface area contributed by atoms with Crippen LogP contribution in [-0.4, -0.2) is 53.9 Å². The Balaban J connectivity index is 0.00000225. The number of rotatable bonds is 4. The van der Waals surface area contributed by atoms with E-state index in [0.717, 1.165) is 57.1 Å². The largest absolute Gasteiger partial charge is 0.348 e. The van der Waals surface area contributed by atoms with Gasteiger partial charge in [-0.1, -0.05) is 48.5 Å². The number of nitrogens with zero attached hydrogens (tertiary/aromatic N) is 3. The Morgan fingerprint density at radius 2 is 1.75 bits per heavy atom. The molecule has 6 heteroatoms. The van der Waals surface area contributed by atoms with E-state index in [1.165, 1.54) is 5.56 Å². The van der Waals surface area contributed by atoms with Gasteiger partial charge in [-0.15, -0.1) is 24.0 Å². The maximum absolute atomic E-state index is 12.5. The van der Waals surface area contributed by atoms with Gasteiger partial charge in [0.2, 0.25) is 0 Å². The lowest BCUT2D eigenvalue weighted by Crippen LogP contribution is -2.52. The Bertz CT molecular complexity index is 797. The van der Waals surface area contributed by atoms with E-state index < -0.39 is 0 Å². The molecule has 28 heavy (non-hydrogen) atoms. The molecule has 0 aromatic heterocycles. The minimum Gasteiger partial charge on any atom is -0.348 e. The van der Waals surface area contributed by atoms with Gasteiger partial charge in [-0.25, -0.2) is 0 Å². The van der Waals surface area contributed by atoms with Crippen molar-refractivity contribution in [3.8, 4) is 0 Å². The molecule has 1 amide bonds. The number of likely N-dealkylation sites (tertiary alicyclic amines) is 1. The fourth-order valence-electron chi connectivity index (χ4n) is 3.86. The number of aliphatic imine (C=N–C) groups is 1. The number of carbonyl (C=O) groups is 1. The zero-order chi connectivity index (χ0) is 18.5. The van der Waals surface area contributed by atoms with Crippen LogP contribution in [0.15, 0.2) is 65.7 Å². The fraction of sp³-hybridized carbons (Fsp3) is 0.364. The normalized spacial score (nSPS) is 19.0. The van der Waals surface area contributed by atoms with E-state index in [0.29, 0.717) is 0 Å². The van der Waals surface area contributed by atoms with E-state index in [1.807, 2.05) is 36.4 Å². The highest BCUT2D eigenvalue weighted by atomic mass is 127. The molecule has 2 aromatic rings. The number of piperidine rings is 1. The minimum absolute atomic E-state index is 0. The molecule has 1 atom stereocenters. The topological polar surface area (TPSA) is 47.9 Å². The molecular formula is C22H27IN4O. The van der Waals surface area contributed by atoms with Crippen molar-refractivity contribution in [2.24, 2.45) is 4.99 Å². The van der Waals surface area contributed by atoms with Gasteiger partial charge in [-0.2, -0.15) is 0 Å². The second-order valence-corrected chi connectivity index (χ2v) is 7.21. The number of halogens is 1. The third-order valence-corrected chi connectivity index (χ3v) is 5.20. The molecule has 1 unspecified atom stereocenters. The number of hydrogen-bond acceptors (Lipinski definition) is 4. The summed E-state index contributed by atoms with van der Waals surface area (Å²) in [5.41, 5.74) is 2.02. The molecule has 4 rings (SSSR count). The maximum atomic E-state index is 12.5. The van der Waals surface area contributed by atoms with Gasteiger partial charge in [-0.3, -0.25) is 9.79 Å². The molecule has 2 aliphatic rings. The van der Waals surface area contributed by atoms with Crippen molar-refractivity contribution in [1.29, 1.82) is 0 Å². The molecule has 0 aliphatic carbocycles. The Morgan fingerprint density at radius 3 is 2.50 bits per heavy atom. The van der Waals surface area contributed by atoms with Crippen molar-refractivity contribution in [2.75, 3.05) is 26.2 Å². The first-order chi connectivity index (χ1) is 13.3. The van der Waals surface area contributed by atoms with Gasteiger partial charge >= 0.3 is 0 Å². The van der Waals surface area contributed by atoms with Crippen molar-refractivity contribution >= 4 is 35.8 Å². The van der Waals surface area contributed by atoms with Gasteiger partial charge in [0.15, 0.2) is 5.96 Å². The predicted molar refractivity (Wildman–Crippen MR) is 123 cm³/mol. The summed E-state index contributed by atoms with van der Waals surface area (Å²) in [6, 6.07) is 20.1. The molecular weight excluding hydrogens is 463 g/mol. The van der Waals surface area contributed by atoms with Crippen molar-refractivity contribution in [3.63, 3.8) is 0 Å². The van der Waals surface area contributed by atoms with Crippen LogP contribution in [0.3, 0.4) is 0 Å². The predicted octanol–water partition coefficient (Wildman–Crippen LogP) is 3.37. The van der Waals surface area contributed by atoms with Gasteiger partial charge in [-0.05, 0) is 30.5 Å². The molecule has 0 radical (unpaired) electrons. The van der Waals surface area contributed by atoms with Crippen LogP contribution in [0.2, 0.25) is 0 Å². The first-order valence-electron chi connectivity index (χ1n) is 9.74. The van der Waals surface area contributed by atoms with E-state index >= 15 is 0 Å². The average Bonchev–Trinajstić information content (AvgIpc) is 3.18. The lowest BCUT2D eigenvalue weighted by molar-refractivity contribution is 0.0918. The Labute approximate surface area is 183 Å². The third-order valence-electron chi connectivity index (χ3n) is 5.20. The zero-order valence-electron chi connectivity index (χ0n) is 16.0. The molecule has 2 aliphatic heterocycles. The van der Waals surface area contributed by atoms with E-state index in [-0.39, 0.29) is 35.9 Å². The van der Waals surface area contributed by atoms with Crippen molar-refractivity contribution in [2.45, 2.75) is 25.4 Å². The summed E-state index contributed by atoms with van der Waals surface area (Å²) in [5, 5.41) is 3.20. The van der Waals surface area contributed by atoms with Crippen LogP contribution >= 0.6 is 24.0 Å². The lowest BCUT2D eigenvalue weighted by atomic mass is 10.1. The average molecular weight is 490 g/mol. The number of nitrogens with one attached hydrogen (secondary N) is 1. The first-order valence-corrected chi connectivity index (χ1v) is 9.74.